The summed E-state index contributed by atoms with van der Waals surface area (Å²) in [6.07, 6.45) is 5.71. The zero-order chi connectivity index (χ0) is 19.7. The highest BCUT2D eigenvalue weighted by Gasteiger charge is 2.26. The standard InChI is InChI=1S/C22H23N3O3/c1-14-6-4-5-7-19(14)22-23-20(28-24-22)13-27-21(26)11-8-17-12-15(2)25(16(17)3)18-9-10-18/h4-8,11-12,18H,9-10,13H2,1-3H3/b11-8+. The largest absolute Gasteiger partial charge is 0.452 e. The van der Waals surface area contributed by atoms with Crippen LogP contribution in [0.25, 0.3) is 17.5 Å². The minimum absolute atomic E-state index is 0.0524. The van der Waals surface area contributed by atoms with Crippen LogP contribution in [0.4, 0.5) is 0 Å². The third kappa shape index (κ3) is 3.76. The van der Waals surface area contributed by atoms with E-state index in [0.29, 0.717) is 11.9 Å². The molecule has 144 valence electrons. The Bertz CT molecular complexity index is 1040. The Kier molecular flexibility index (Phi) is 4.86. The SMILES string of the molecule is Cc1ccccc1-c1noc(COC(=O)/C=C/c2cc(C)n(C3CC3)c2C)n1. The minimum atomic E-state index is -0.438. The molecule has 1 aliphatic carbocycles. The molecule has 28 heavy (non-hydrogen) atoms. The van der Waals surface area contributed by atoms with Crippen molar-refractivity contribution in [1.82, 2.24) is 14.7 Å². The molecular formula is C22H23N3O3. The van der Waals surface area contributed by atoms with Crippen molar-refractivity contribution in [2.45, 2.75) is 46.3 Å². The highest BCUT2D eigenvalue weighted by Crippen LogP contribution is 2.38. The van der Waals surface area contributed by atoms with Gasteiger partial charge in [-0.1, -0.05) is 29.4 Å². The van der Waals surface area contributed by atoms with Crippen LogP contribution in [-0.4, -0.2) is 20.7 Å². The number of hydrogen-bond acceptors (Lipinski definition) is 5. The molecule has 0 N–H and O–H groups in total. The fourth-order valence-electron chi connectivity index (χ4n) is 3.45. The lowest BCUT2D eigenvalue weighted by Crippen LogP contribution is -2.01. The van der Waals surface area contributed by atoms with Crippen molar-refractivity contribution in [3.8, 4) is 11.4 Å². The number of carbonyl (C=O) groups is 1. The molecule has 0 unspecified atom stereocenters. The van der Waals surface area contributed by atoms with Gasteiger partial charge in [-0.25, -0.2) is 4.79 Å². The van der Waals surface area contributed by atoms with Crippen LogP contribution >= 0.6 is 0 Å². The third-order valence-electron chi connectivity index (χ3n) is 5.03. The molecule has 3 aromatic rings. The van der Waals surface area contributed by atoms with Crippen molar-refractivity contribution in [2.75, 3.05) is 0 Å². The Morgan fingerprint density at radius 2 is 2.07 bits per heavy atom. The number of nitrogens with zero attached hydrogens (tertiary/aromatic N) is 3. The molecule has 0 amide bonds. The molecule has 2 heterocycles. The Morgan fingerprint density at radius 1 is 1.29 bits per heavy atom. The molecule has 4 rings (SSSR count). The van der Waals surface area contributed by atoms with Gasteiger partial charge in [-0.2, -0.15) is 4.98 Å². The number of rotatable bonds is 6. The van der Waals surface area contributed by atoms with Crippen LogP contribution in [0, 0.1) is 20.8 Å². The normalized spacial score (nSPS) is 14.0. The highest BCUT2D eigenvalue weighted by molar-refractivity contribution is 5.87. The van der Waals surface area contributed by atoms with Crippen LogP contribution in [0.3, 0.4) is 0 Å². The molecule has 1 aromatic carbocycles. The first-order valence-electron chi connectivity index (χ1n) is 9.45. The summed E-state index contributed by atoms with van der Waals surface area (Å²) in [5, 5.41) is 3.97. The smallest absolute Gasteiger partial charge is 0.331 e. The predicted octanol–water partition coefficient (Wildman–Crippen LogP) is 4.55. The van der Waals surface area contributed by atoms with Gasteiger partial charge in [0.25, 0.3) is 5.89 Å². The van der Waals surface area contributed by atoms with E-state index >= 15 is 0 Å². The average molecular weight is 377 g/mol. The van der Waals surface area contributed by atoms with Gasteiger partial charge in [0, 0.05) is 29.1 Å². The molecule has 6 nitrogen and oxygen atoms in total. The molecule has 1 aliphatic rings. The Hall–Kier alpha value is -3.15. The van der Waals surface area contributed by atoms with E-state index in [2.05, 4.69) is 34.6 Å². The summed E-state index contributed by atoms with van der Waals surface area (Å²) in [6.45, 7) is 6.12. The zero-order valence-corrected chi connectivity index (χ0v) is 16.3. The number of benzene rings is 1. The number of ether oxygens (including phenoxy) is 1. The van der Waals surface area contributed by atoms with Crippen LogP contribution in [0.15, 0.2) is 40.9 Å². The molecule has 6 heteroatoms. The monoisotopic (exact) mass is 377 g/mol. The van der Waals surface area contributed by atoms with Gasteiger partial charge in [0.2, 0.25) is 5.82 Å². The van der Waals surface area contributed by atoms with Gasteiger partial charge in [0.1, 0.15) is 0 Å². The first-order chi connectivity index (χ1) is 13.5. The van der Waals surface area contributed by atoms with Crippen LogP contribution in [-0.2, 0) is 16.1 Å². The van der Waals surface area contributed by atoms with Gasteiger partial charge in [0.15, 0.2) is 6.61 Å². The second kappa shape index (κ2) is 7.46. The van der Waals surface area contributed by atoms with Gasteiger partial charge < -0.3 is 13.8 Å². The Balaban J connectivity index is 1.37. The van der Waals surface area contributed by atoms with Crippen molar-refractivity contribution in [3.63, 3.8) is 0 Å². The summed E-state index contributed by atoms with van der Waals surface area (Å²) in [7, 11) is 0. The number of aromatic nitrogens is 3. The second-order valence-corrected chi connectivity index (χ2v) is 7.20. The molecular weight excluding hydrogens is 354 g/mol. The fourth-order valence-corrected chi connectivity index (χ4v) is 3.45. The quantitative estimate of drug-likeness (QED) is 0.465. The maximum atomic E-state index is 12.1. The van der Waals surface area contributed by atoms with E-state index in [0.717, 1.165) is 16.7 Å². The predicted molar refractivity (Wildman–Crippen MR) is 105 cm³/mol. The van der Waals surface area contributed by atoms with Crippen molar-refractivity contribution in [3.05, 3.63) is 64.8 Å². The van der Waals surface area contributed by atoms with Crippen molar-refractivity contribution < 1.29 is 14.1 Å². The second-order valence-electron chi connectivity index (χ2n) is 7.20. The lowest BCUT2D eigenvalue weighted by Gasteiger charge is -2.06. The van der Waals surface area contributed by atoms with Gasteiger partial charge in [-0.3, -0.25) is 0 Å². The fraction of sp³-hybridized carbons (Fsp3) is 0.318. The topological polar surface area (TPSA) is 70.2 Å². The van der Waals surface area contributed by atoms with E-state index in [1.807, 2.05) is 31.2 Å². The van der Waals surface area contributed by atoms with E-state index in [9.17, 15) is 4.79 Å². The van der Waals surface area contributed by atoms with Gasteiger partial charge in [0.05, 0.1) is 0 Å². The summed E-state index contributed by atoms with van der Waals surface area (Å²) >= 11 is 0. The maximum Gasteiger partial charge on any atom is 0.331 e. The van der Waals surface area contributed by atoms with Gasteiger partial charge in [-0.15, -0.1) is 0 Å². The lowest BCUT2D eigenvalue weighted by molar-refractivity contribution is -0.139. The lowest BCUT2D eigenvalue weighted by atomic mass is 10.1. The van der Waals surface area contributed by atoms with Crippen LogP contribution in [0.5, 0.6) is 0 Å². The van der Waals surface area contributed by atoms with Crippen LogP contribution in [0.1, 0.15) is 47.3 Å². The first kappa shape index (κ1) is 18.2. The molecule has 1 fully saturated rings. The van der Waals surface area contributed by atoms with Crippen molar-refractivity contribution in [1.29, 1.82) is 0 Å². The summed E-state index contributed by atoms with van der Waals surface area (Å²) in [4.78, 5) is 16.4. The van der Waals surface area contributed by atoms with E-state index in [1.54, 1.807) is 6.08 Å². The van der Waals surface area contributed by atoms with Gasteiger partial charge in [-0.05, 0) is 56.9 Å². The number of aryl methyl sites for hydroxylation is 2. The first-order valence-corrected chi connectivity index (χ1v) is 9.45. The summed E-state index contributed by atoms with van der Waals surface area (Å²) in [5.74, 6) is 0.325. The molecule has 0 radical (unpaired) electrons. The van der Waals surface area contributed by atoms with Crippen LogP contribution < -0.4 is 0 Å². The number of esters is 1. The molecule has 1 saturated carbocycles. The Morgan fingerprint density at radius 3 is 2.82 bits per heavy atom. The zero-order valence-electron chi connectivity index (χ0n) is 16.3. The molecule has 2 aromatic heterocycles. The summed E-state index contributed by atoms with van der Waals surface area (Å²) in [6, 6.07) is 10.5. The van der Waals surface area contributed by atoms with Crippen LogP contribution in [0.2, 0.25) is 0 Å². The minimum Gasteiger partial charge on any atom is -0.452 e. The highest BCUT2D eigenvalue weighted by atomic mass is 16.6. The Labute approximate surface area is 163 Å². The van der Waals surface area contributed by atoms with Crippen molar-refractivity contribution >= 4 is 12.0 Å². The van der Waals surface area contributed by atoms with Gasteiger partial charge >= 0.3 is 5.97 Å². The number of hydrogen-bond donors (Lipinski definition) is 0. The number of carbonyl (C=O) groups excluding carboxylic acids is 1. The molecule has 0 aliphatic heterocycles. The van der Waals surface area contributed by atoms with E-state index in [4.69, 9.17) is 9.26 Å². The van der Waals surface area contributed by atoms with E-state index in [1.165, 1.54) is 30.3 Å². The maximum absolute atomic E-state index is 12.1. The summed E-state index contributed by atoms with van der Waals surface area (Å²) < 4.78 is 12.8. The molecule has 0 atom stereocenters. The molecule has 0 bridgehead atoms. The molecule has 0 saturated heterocycles. The van der Waals surface area contributed by atoms with E-state index < -0.39 is 5.97 Å². The average Bonchev–Trinajstić information content (AvgIpc) is 3.32. The van der Waals surface area contributed by atoms with Crippen molar-refractivity contribution in [2.24, 2.45) is 0 Å². The van der Waals surface area contributed by atoms with E-state index in [-0.39, 0.29) is 12.5 Å². The summed E-state index contributed by atoms with van der Waals surface area (Å²) in [5.41, 5.74) is 5.40. The molecule has 0 spiro atoms. The third-order valence-corrected chi connectivity index (χ3v) is 5.03.